The molecule has 0 saturated heterocycles. The van der Waals surface area contributed by atoms with Crippen LogP contribution < -0.4 is 5.32 Å². The van der Waals surface area contributed by atoms with Gasteiger partial charge in [-0.1, -0.05) is 36.4 Å². The number of halogens is 3. The van der Waals surface area contributed by atoms with E-state index in [1.165, 1.54) is 6.08 Å². The average molecular weight is 331 g/mol. The first-order chi connectivity index (χ1) is 10.8. The van der Waals surface area contributed by atoms with Crippen LogP contribution in [0.5, 0.6) is 0 Å². The summed E-state index contributed by atoms with van der Waals surface area (Å²) in [6.07, 6.45) is -4.39. The second kappa shape index (κ2) is 8.82. The molecule has 1 amide bonds. The number of ether oxygens (including phenoxy) is 2. The van der Waals surface area contributed by atoms with E-state index in [1.54, 1.807) is 30.3 Å². The monoisotopic (exact) mass is 331 g/mol. The zero-order valence-electron chi connectivity index (χ0n) is 12.1. The lowest BCUT2D eigenvalue weighted by atomic mass is 10.2. The van der Waals surface area contributed by atoms with Crippen molar-refractivity contribution in [1.82, 2.24) is 5.32 Å². The molecular weight excluding hydrogens is 315 g/mol. The first kappa shape index (κ1) is 18.5. The molecule has 0 saturated carbocycles. The van der Waals surface area contributed by atoms with Crippen LogP contribution in [-0.2, 0) is 20.9 Å². The Morgan fingerprint density at radius 3 is 2.43 bits per heavy atom. The van der Waals surface area contributed by atoms with E-state index >= 15 is 0 Å². The molecule has 8 heteroatoms. The van der Waals surface area contributed by atoms with Crippen molar-refractivity contribution in [2.75, 3.05) is 6.61 Å². The lowest BCUT2D eigenvalue weighted by molar-refractivity contribution is -0.187. The van der Waals surface area contributed by atoms with Crippen LogP contribution in [0.15, 0.2) is 43.0 Å². The largest absolute Gasteiger partial charge is 0.454 e. The van der Waals surface area contributed by atoms with Crippen LogP contribution in [0, 0.1) is 0 Å². The van der Waals surface area contributed by atoms with Gasteiger partial charge in [0, 0.05) is 0 Å². The van der Waals surface area contributed by atoms with E-state index in [9.17, 15) is 22.8 Å². The highest BCUT2D eigenvalue weighted by Gasteiger charge is 2.31. The maximum atomic E-state index is 12.0. The quantitative estimate of drug-likeness (QED) is 0.616. The molecule has 0 fully saturated rings. The number of hydrogen-bond donors (Lipinski definition) is 1. The minimum absolute atomic E-state index is 0.0366. The molecule has 1 N–H and O–H groups in total. The number of alkyl carbamates (subject to hydrolysis) is 1. The van der Waals surface area contributed by atoms with Crippen LogP contribution in [0.2, 0.25) is 0 Å². The Morgan fingerprint density at radius 1 is 1.22 bits per heavy atom. The van der Waals surface area contributed by atoms with Gasteiger partial charge in [0.25, 0.3) is 0 Å². The molecule has 0 unspecified atom stereocenters. The first-order valence-corrected chi connectivity index (χ1v) is 6.63. The van der Waals surface area contributed by atoms with Gasteiger partial charge in [0.2, 0.25) is 0 Å². The van der Waals surface area contributed by atoms with Gasteiger partial charge in [-0.3, -0.25) is 0 Å². The van der Waals surface area contributed by atoms with Crippen LogP contribution in [-0.4, -0.2) is 30.9 Å². The van der Waals surface area contributed by atoms with Crippen LogP contribution in [0.3, 0.4) is 0 Å². The Kier molecular flexibility index (Phi) is 7.11. The Balaban J connectivity index is 2.49. The first-order valence-electron chi connectivity index (χ1n) is 6.63. The van der Waals surface area contributed by atoms with E-state index in [0.717, 1.165) is 5.56 Å². The van der Waals surface area contributed by atoms with E-state index in [2.05, 4.69) is 16.6 Å². The second-order valence-electron chi connectivity index (χ2n) is 4.51. The van der Waals surface area contributed by atoms with Crippen molar-refractivity contribution in [3.05, 3.63) is 48.6 Å². The van der Waals surface area contributed by atoms with Crippen LogP contribution in [0.4, 0.5) is 18.0 Å². The van der Waals surface area contributed by atoms with Gasteiger partial charge in [-0.15, -0.1) is 6.58 Å². The SMILES string of the molecule is C=CC[C@H](NC(=O)OCc1ccccc1)C(=O)OCC(F)(F)F. The molecule has 1 aromatic rings. The minimum Gasteiger partial charge on any atom is -0.454 e. The second-order valence-corrected chi connectivity index (χ2v) is 4.51. The maximum absolute atomic E-state index is 12.0. The molecule has 5 nitrogen and oxygen atoms in total. The highest BCUT2D eigenvalue weighted by molar-refractivity contribution is 5.81. The number of esters is 1. The fourth-order valence-corrected chi connectivity index (χ4v) is 1.54. The van der Waals surface area contributed by atoms with Crippen molar-refractivity contribution in [3.63, 3.8) is 0 Å². The molecule has 23 heavy (non-hydrogen) atoms. The van der Waals surface area contributed by atoms with Gasteiger partial charge in [0.15, 0.2) is 6.61 Å². The third-order valence-corrected chi connectivity index (χ3v) is 2.57. The van der Waals surface area contributed by atoms with Crippen molar-refractivity contribution in [2.45, 2.75) is 25.2 Å². The molecule has 0 spiro atoms. The summed E-state index contributed by atoms with van der Waals surface area (Å²) in [5.41, 5.74) is 0.725. The number of carbonyl (C=O) groups is 2. The van der Waals surface area contributed by atoms with E-state index in [4.69, 9.17) is 4.74 Å². The summed E-state index contributed by atoms with van der Waals surface area (Å²) < 4.78 is 45.1. The Hall–Kier alpha value is -2.51. The number of hydrogen-bond acceptors (Lipinski definition) is 4. The summed E-state index contributed by atoms with van der Waals surface area (Å²) in [5.74, 6) is -1.21. The van der Waals surface area contributed by atoms with E-state index < -0.39 is 30.9 Å². The van der Waals surface area contributed by atoms with Crippen molar-refractivity contribution < 1.29 is 32.2 Å². The molecule has 1 aromatic carbocycles. The van der Waals surface area contributed by atoms with Gasteiger partial charge < -0.3 is 14.8 Å². The third-order valence-electron chi connectivity index (χ3n) is 2.57. The highest BCUT2D eigenvalue weighted by Crippen LogP contribution is 2.15. The van der Waals surface area contributed by atoms with Crippen LogP contribution >= 0.6 is 0 Å². The van der Waals surface area contributed by atoms with E-state index in [0.29, 0.717) is 0 Å². The smallest absolute Gasteiger partial charge is 0.422 e. The molecule has 1 rings (SSSR count). The summed E-state index contributed by atoms with van der Waals surface area (Å²) in [7, 11) is 0. The number of amides is 1. The Labute approximate surface area is 131 Å². The predicted octanol–water partition coefficient (Wildman–Crippen LogP) is 2.96. The van der Waals surface area contributed by atoms with E-state index in [-0.39, 0.29) is 13.0 Å². The van der Waals surface area contributed by atoms with Crippen LogP contribution in [0.1, 0.15) is 12.0 Å². The van der Waals surface area contributed by atoms with Gasteiger partial charge in [-0.25, -0.2) is 9.59 Å². The zero-order valence-corrected chi connectivity index (χ0v) is 12.1. The number of benzene rings is 1. The lowest BCUT2D eigenvalue weighted by Crippen LogP contribution is -2.42. The summed E-state index contributed by atoms with van der Waals surface area (Å²) >= 11 is 0. The van der Waals surface area contributed by atoms with Crippen LogP contribution in [0.25, 0.3) is 0 Å². The van der Waals surface area contributed by atoms with Gasteiger partial charge in [0.1, 0.15) is 12.6 Å². The molecule has 1 atom stereocenters. The van der Waals surface area contributed by atoms with Gasteiger partial charge in [-0.05, 0) is 12.0 Å². The summed E-state index contributed by atoms with van der Waals surface area (Å²) in [6.45, 7) is 1.61. The predicted molar refractivity (Wildman–Crippen MR) is 75.4 cm³/mol. The maximum Gasteiger partial charge on any atom is 0.422 e. The summed E-state index contributed by atoms with van der Waals surface area (Å²) in [4.78, 5) is 23.2. The lowest BCUT2D eigenvalue weighted by Gasteiger charge is -2.16. The van der Waals surface area contributed by atoms with Crippen molar-refractivity contribution in [2.24, 2.45) is 0 Å². The Morgan fingerprint density at radius 2 is 1.87 bits per heavy atom. The minimum atomic E-state index is -4.64. The highest BCUT2D eigenvalue weighted by atomic mass is 19.4. The molecular formula is C15H16F3NO4. The van der Waals surface area contributed by atoms with Crippen molar-refractivity contribution in [3.8, 4) is 0 Å². The fourth-order valence-electron chi connectivity index (χ4n) is 1.54. The molecule has 0 radical (unpaired) electrons. The number of rotatable bonds is 7. The third kappa shape index (κ3) is 7.89. The number of nitrogens with one attached hydrogen (secondary N) is 1. The van der Waals surface area contributed by atoms with Gasteiger partial charge >= 0.3 is 18.2 Å². The van der Waals surface area contributed by atoms with Gasteiger partial charge in [-0.2, -0.15) is 13.2 Å². The normalized spacial score (nSPS) is 12.1. The molecule has 0 heterocycles. The topological polar surface area (TPSA) is 64.6 Å². The van der Waals surface area contributed by atoms with Crippen molar-refractivity contribution in [1.29, 1.82) is 0 Å². The molecule has 0 bridgehead atoms. The fraction of sp³-hybridized carbons (Fsp3) is 0.333. The van der Waals surface area contributed by atoms with E-state index in [1.807, 2.05) is 0 Å². The standard InChI is InChI=1S/C15H16F3NO4/c1-2-6-12(13(20)23-10-15(16,17)18)19-14(21)22-9-11-7-4-3-5-8-11/h2-5,7-8,12H,1,6,9-10H2,(H,19,21)/t12-/m0/s1. The number of alkyl halides is 3. The van der Waals surface area contributed by atoms with Crippen molar-refractivity contribution >= 4 is 12.1 Å². The molecule has 0 aliphatic rings. The zero-order chi connectivity index (χ0) is 17.3. The molecule has 126 valence electrons. The summed E-state index contributed by atoms with van der Waals surface area (Å²) in [6, 6.07) is 7.47. The average Bonchev–Trinajstić information content (AvgIpc) is 2.50. The number of carbonyl (C=O) groups excluding carboxylic acids is 2. The Bertz CT molecular complexity index is 531. The molecule has 0 aliphatic heterocycles. The molecule has 0 aliphatic carbocycles. The van der Waals surface area contributed by atoms with Gasteiger partial charge in [0.05, 0.1) is 0 Å². The summed E-state index contributed by atoms with van der Waals surface area (Å²) in [5, 5.41) is 2.15. The molecule has 0 aromatic heterocycles.